The van der Waals surface area contributed by atoms with Gasteiger partial charge in [0.05, 0.1) is 18.2 Å². The fraction of sp³-hybridized carbons (Fsp3) is 0.171. The van der Waals surface area contributed by atoms with Crippen molar-refractivity contribution in [2.45, 2.75) is 39.5 Å². The lowest BCUT2D eigenvalue weighted by molar-refractivity contribution is 0.0602. The predicted octanol–water partition coefficient (Wildman–Crippen LogP) is 6.78. The van der Waals surface area contributed by atoms with Crippen molar-refractivity contribution < 1.29 is 13.9 Å². The molecule has 1 aromatic carbocycles. The van der Waals surface area contributed by atoms with Crippen LogP contribution in [0.1, 0.15) is 72.1 Å². The number of nitrogens with zero attached hydrogens (tertiary/aromatic N) is 4. The highest BCUT2D eigenvalue weighted by Gasteiger charge is 2.31. The molecule has 0 fully saturated rings. The largest absolute Gasteiger partial charge is 0.465 e. The number of ether oxygens (including phenoxy) is 1. The summed E-state index contributed by atoms with van der Waals surface area (Å²) < 4.78 is 10.9. The van der Waals surface area contributed by atoms with Crippen LogP contribution in [0.3, 0.4) is 0 Å². The number of benzene rings is 1. The molecule has 1 aromatic rings. The number of hydrogen-bond donors (Lipinski definition) is 0. The minimum Gasteiger partial charge on any atom is -0.465 e. The molecule has 49 heavy (non-hydrogen) atoms. The molecule has 4 aliphatic rings. The number of rotatable bonds is 6. The van der Waals surface area contributed by atoms with E-state index in [1.54, 1.807) is 42.5 Å². The molecule has 0 spiro atoms. The van der Waals surface area contributed by atoms with E-state index in [-0.39, 0.29) is 45.4 Å². The maximum Gasteiger partial charge on any atom is 0.345 e. The standard InChI is InChI=1S/C41H30N4O4/c1-23(2)27-8-6-10-31-32(16-27)34(40(46)48-5)18-33(31)37(26-14-12-25(13-15-26)29(19-42)20-43)38(30(21-44)22-45)39-35-17-28(24(3)4)9-7-11-36(35)49-41(39)47/h6-18,23-24H,1-5H3. The summed E-state index contributed by atoms with van der Waals surface area (Å²) in [5.41, 5.74) is 3.30. The molecule has 1 aliphatic heterocycles. The van der Waals surface area contributed by atoms with Crippen LogP contribution in [0.25, 0.3) is 39.2 Å². The lowest BCUT2D eigenvalue weighted by atomic mass is 9.85. The SMILES string of the molecule is COC(=O)c1cc(C(C(=C(C#N)C#N)c2c3cc(C(C)C)cccc-3oc2=O)=c2ccc(=C(C#N)C#N)cc2)c2cccc(C(C)C)cc1-2. The molecule has 0 amide bonds. The third-order valence-corrected chi connectivity index (χ3v) is 8.48. The van der Waals surface area contributed by atoms with Crippen LogP contribution in [0.4, 0.5) is 0 Å². The maximum atomic E-state index is 13.9. The van der Waals surface area contributed by atoms with Gasteiger partial charge in [0.2, 0.25) is 0 Å². The van der Waals surface area contributed by atoms with Crippen LogP contribution in [-0.4, -0.2) is 13.1 Å². The maximum absolute atomic E-state index is 13.9. The van der Waals surface area contributed by atoms with Crippen molar-refractivity contribution in [1.82, 2.24) is 0 Å². The van der Waals surface area contributed by atoms with Gasteiger partial charge in [-0.1, -0.05) is 88.4 Å². The zero-order valence-corrected chi connectivity index (χ0v) is 27.6. The molecule has 0 saturated heterocycles. The first-order chi connectivity index (χ1) is 23.6. The third-order valence-electron chi connectivity index (χ3n) is 8.48. The number of nitriles is 4. The Morgan fingerprint density at radius 2 is 1.27 bits per heavy atom. The Kier molecular flexibility index (Phi) is 9.57. The van der Waals surface area contributed by atoms with E-state index in [0.717, 1.165) is 11.1 Å². The number of esters is 1. The smallest absolute Gasteiger partial charge is 0.345 e. The first-order valence-electron chi connectivity index (χ1n) is 15.5. The first kappa shape index (κ1) is 33.6. The van der Waals surface area contributed by atoms with Crippen molar-refractivity contribution in [3.8, 4) is 46.7 Å². The summed E-state index contributed by atoms with van der Waals surface area (Å²) in [7, 11) is 1.29. The average molecular weight is 643 g/mol. The second kappa shape index (κ2) is 13.9. The van der Waals surface area contributed by atoms with E-state index in [2.05, 4.69) is 0 Å². The third kappa shape index (κ3) is 6.20. The fourth-order valence-corrected chi connectivity index (χ4v) is 5.91. The Bertz CT molecular complexity index is 2420. The number of furan rings is 1. The lowest BCUT2D eigenvalue weighted by Gasteiger charge is -2.14. The molecular weight excluding hydrogens is 612 g/mol. The molecule has 0 aromatic heterocycles. The normalized spacial score (nSPS) is 10.6. The van der Waals surface area contributed by atoms with Crippen LogP contribution in [0.5, 0.6) is 0 Å². The van der Waals surface area contributed by atoms with Crippen LogP contribution in [0.2, 0.25) is 0 Å². The minimum absolute atomic E-state index is 0.0173. The monoisotopic (exact) mass is 642 g/mol. The quantitative estimate of drug-likeness (QED) is 0.145. The van der Waals surface area contributed by atoms with Crippen molar-refractivity contribution in [3.05, 3.63) is 133 Å². The van der Waals surface area contributed by atoms with Gasteiger partial charge >= 0.3 is 11.6 Å². The van der Waals surface area contributed by atoms with E-state index in [4.69, 9.17) is 9.15 Å². The number of carbonyl (C=O) groups excluding carboxylic acids is 1. The van der Waals surface area contributed by atoms with Crippen molar-refractivity contribution in [1.29, 1.82) is 21.0 Å². The minimum atomic E-state index is -0.746. The van der Waals surface area contributed by atoms with Gasteiger partial charge in [-0.25, -0.2) is 9.59 Å². The fourth-order valence-electron chi connectivity index (χ4n) is 5.91. The van der Waals surface area contributed by atoms with Crippen LogP contribution < -0.4 is 16.1 Å². The number of fused-ring (bicyclic) bond motifs is 2. The van der Waals surface area contributed by atoms with E-state index < -0.39 is 11.6 Å². The zero-order chi connectivity index (χ0) is 35.4. The second-order valence-electron chi connectivity index (χ2n) is 12.0. The van der Waals surface area contributed by atoms with Gasteiger partial charge in [0.1, 0.15) is 41.2 Å². The summed E-state index contributed by atoms with van der Waals surface area (Å²) in [5, 5.41) is 40.7. The number of carbonyl (C=O) groups is 1. The Balaban J connectivity index is 2.05. The molecule has 1 heterocycles. The van der Waals surface area contributed by atoms with Gasteiger partial charge in [-0.15, -0.1) is 0 Å². The summed E-state index contributed by atoms with van der Waals surface area (Å²) in [6.45, 7) is 8.09. The van der Waals surface area contributed by atoms with Crippen LogP contribution in [0.15, 0.2) is 93.6 Å². The van der Waals surface area contributed by atoms with E-state index >= 15 is 0 Å². The van der Waals surface area contributed by atoms with Gasteiger partial charge in [0, 0.05) is 16.4 Å². The van der Waals surface area contributed by atoms with Gasteiger partial charge < -0.3 is 9.15 Å². The van der Waals surface area contributed by atoms with Crippen LogP contribution >= 0.6 is 0 Å². The number of hydrogen-bond acceptors (Lipinski definition) is 8. The number of methoxy groups -OCH3 is 1. The molecule has 8 heteroatoms. The van der Waals surface area contributed by atoms with Crippen molar-refractivity contribution in [2.24, 2.45) is 0 Å². The van der Waals surface area contributed by atoms with Gasteiger partial charge in [0.25, 0.3) is 0 Å². The molecule has 238 valence electrons. The highest BCUT2D eigenvalue weighted by Crippen LogP contribution is 2.44. The molecule has 0 N–H and O–H groups in total. The lowest BCUT2D eigenvalue weighted by Crippen LogP contribution is -2.16. The Morgan fingerprint density at radius 1 is 0.694 bits per heavy atom. The zero-order valence-electron chi connectivity index (χ0n) is 27.6. The summed E-state index contributed by atoms with van der Waals surface area (Å²) >= 11 is 0. The van der Waals surface area contributed by atoms with E-state index in [1.165, 1.54) is 7.11 Å². The van der Waals surface area contributed by atoms with Crippen molar-refractivity contribution >= 4 is 22.7 Å². The summed E-state index contributed by atoms with van der Waals surface area (Å²) in [5.74, 6) is -0.123. The van der Waals surface area contributed by atoms with Crippen molar-refractivity contribution in [2.75, 3.05) is 7.11 Å². The molecule has 0 atom stereocenters. The second-order valence-corrected chi connectivity index (χ2v) is 12.0. The predicted molar refractivity (Wildman–Crippen MR) is 185 cm³/mol. The Hall–Kier alpha value is -6.74. The summed E-state index contributed by atoms with van der Waals surface area (Å²) in [4.78, 5) is 27.2. The molecule has 0 unspecified atom stereocenters. The average Bonchev–Trinajstić information content (AvgIpc) is 3.37. The highest BCUT2D eigenvalue weighted by atomic mass is 16.5. The Morgan fingerprint density at radius 3 is 1.82 bits per heavy atom. The molecule has 0 radical (unpaired) electrons. The highest BCUT2D eigenvalue weighted by molar-refractivity contribution is 6.15. The molecular formula is C41H30N4O4. The number of allylic oxidation sites excluding steroid dienone is 2. The van der Waals surface area contributed by atoms with Crippen molar-refractivity contribution in [3.63, 3.8) is 0 Å². The molecule has 3 aliphatic carbocycles. The van der Waals surface area contributed by atoms with E-state index in [9.17, 15) is 30.6 Å². The summed E-state index contributed by atoms with van der Waals surface area (Å²) in [6, 6.07) is 30.6. The summed E-state index contributed by atoms with van der Waals surface area (Å²) in [6.07, 6.45) is 0. The first-order valence-corrected chi connectivity index (χ1v) is 15.5. The van der Waals surface area contributed by atoms with E-state index in [1.807, 2.05) is 88.4 Å². The van der Waals surface area contributed by atoms with Gasteiger partial charge in [-0.3, -0.25) is 0 Å². The topological polar surface area (TPSA) is 152 Å². The van der Waals surface area contributed by atoms with Crippen LogP contribution in [-0.2, 0) is 4.74 Å². The van der Waals surface area contributed by atoms with Gasteiger partial charge in [-0.05, 0) is 68.6 Å². The molecule has 5 rings (SSSR count). The van der Waals surface area contributed by atoms with Gasteiger partial charge in [-0.2, -0.15) is 21.0 Å². The Labute approximate surface area is 283 Å². The molecule has 8 nitrogen and oxygen atoms in total. The molecule has 0 saturated carbocycles. The molecule has 0 bridgehead atoms. The van der Waals surface area contributed by atoms with Gasteiger partial charge in [0.15, 0.2) is 0 Å². The van der Waals surface area contributed by atoms with E-state index in [0.29, 0.717) is 38.3 Å². The van der Waals surface area contributed by atoms with Crippen LogP contribution in [0, 0.1) is 45.3 Å².